The molecule has 8 nitrogen and oxygen atoms in total. The van der Waals surface area contributed by atoms with Gasteiger partial charge in [-0.1, -0.05) is 23.7 Å². The van der Waals surface area contributed by atoms with Crippen LogP contribution in [-0.2, 0) is 0 Å². The van der Waals surface area contributed by atoms with Crippen LogP contribution in [0.15, 0.2) is 43.0 Å². The third kappa shape index (κ3) is 3.37. The van der Waals surface area contributed by atoms with Crippen LogP contribution in [0.1, 0.15) is 22.3 Å². The molecule has 34 heavy (non-hydrogen) atoms. The number of halogens is 2. The summed E-state index contributed by atoms with van der Waals surface area (Å²) in [6.07, 6.45) is 4.47. The second-order valence-corrected chi connectivity index (χ2v) is 8.93. The van der Waals surface area contributed by atoms with E-state index in [1.807, 2.05) is 0 Å². The maximum atomic E-state index is 15.6. The Labute approximate surface area is 201 Å². The first-order valence-corrected chi connectivity index (χ1v) is 11.3. The molecule has 1 aliphatic rings. The van der Waals surface area contributed by atoms with E-state index in [1.165, 1.54) is 30.1 Å². The lowest BCUT2D eigenvalue weighted by Crippen LogP contribution is -2.41. The van der Waals surface area contributed by atoms with Crippen molar-refractivity contribution in [3.63, 3.8) is 0 Å². The monoisotopic (exact) mass is 495 g/mol. The molecule has 0 fully saturated rings. The lowest BCUT2D eigenvalue weighted by molar-refractivity contribution is 0.0776. The zero-order chi connectivity index (χ0) is 24.0. The molecule has 0 unspecified atom stereocenters. The van der Waals surface area contributed by atoms with Gasteiger partial charge in [-0.2, -0.15) is 5.26 Å². The Morgan fingerprint density at radius 1 is 1.35 bits per heavy atom. The van der Waals surface area contributed by atoms with Crippen molar-refractivity contribution in [3.05, 3.63) is 65.0 Å². The number of imidazole rings is 1. The third-order valence-electron chi connectivity index (χ3n) is 5.50. The topological polar surface area (TPSA) is 114 Å². The van der Waals surface area contributed by atoms with Crippen LogP contribution in [-0.4, -0.2) is 39.5 Å². The van der Waals surface area contributed by atoms with E-state index >= 15 is 4.39 Å². The molecular formula is C23H15ClFN5O3S. The molecule has 2 aromatic heterocycles. The van der Waals surface area contributed by atoms with Crippen molar-refractivity contribution in [2.24, 2.45) is 0 Å². The van der Waals surface area contributed by atoms with Gasteiger partial charge < -0.3 is 10.5 Å². The number of anilines is 1. The van der Waals surface area contributed by atoms with Gasteiger partial charge in [-0.15, -0.1) is 11.3 Å². The molecule has 2 N–H and O–H groups in total. The minimum atomic E-state index is -0.794. The van der Waals surface area contributed by atoms with Crippen molar-refractivity contribution in [1.82, 2.24) is 14.5 Å². The standard InChI is InChI=1S/C23H15ClFN5O3S/c24-19-18(12-3-1-4-16-17(12)14(10-26)21(27)34-16)15(25)9-13-20(19)33-8-2-6-30(22(13)31)23(32)29-7-5-28-11-29/h1,3-5,7,9,11H,2,6,8,27H2. The molecule has 11 heteroatoms. The maximum absolute atomic E-state index is 15.6. The zero-order valence-corrected chi connectivity index (χ0v) is 19.0. The lowest BCUT2D eigenvalue weighted by Gasteiger charge is -2.26. The van der Waals surface area contributed by atoms with Crippen molar-refractivity contribution >= 4 is 50.0 Å². The van der Waals surface area contributed by atoms with Crippen molar-refractivity contribution in [2.45, 2.75) is 6.42 Å². The van der Waals surface area contributed by atoms with E-state index in [-0.39, 0.29) is 40.6 Å². The first-order valence-electron chi connectivity index (χ1n) is 10.1. The molecule has 3 heterocycles. The molecule has 0 radical (unpaired) electrons. The number of amides is 2. The maximum Gasteiger partial charge on any atom is 0.336 e. The molecular weight excluding hydrogens is 481 g/mol. The number of nitrogens with two attached hydrogens (primary N) is 1. The fourth-order valence-electron chi connectivity index (χ4n) is 3.97. The van der Waals surface area contributed by atoms with Gasteiger partial charge >= 0.3 is 6.03 Å². The highest BCUT2D eigenvalue weighted by Gasteiger charge is 2.32. The minimum absolute atomic E-state index is 0.0128. The number of carbonyl (C=O) groups excluding carboxylic acids is 2. The van der Waals surface area contributed by atoms with Crippen LogP contribution in [0.4, 0.5) is 14.2 Å². The van der Waals surface area contributed by atoms with E-state index in [0.29, 0.717) is 27.1 Å². The SMILES string of the molecule is N#Cc1c(N)sc2cccc(-c3c(F)cc4c(c3Cl)OCCCN(C(=O)n3ccnc3)C4=O)c12. The first kappa shape index (κ1) is 21.9. The Bertz CT molecular complexity index is 1510. The van der Waals surface area contributed by atoms with E-state index in [2.05, 4.69) is 11.1 Å². The summed E-state index contributed by atoms with van der Waals surface area (Å²) in [6, 6.07) is 7.58. The fourth-order valence-corrected chi connectivity index (χ4v) is 5.27. The van der Waals surface area contributed by atoms with Gasteiger partial charge in [0.25, 0.3) is 5.91 Å². The van der Waals surface area contributed by atoms with E-state index in [0.717, 1.165) is 15.5 Å². The molecule has 1 aliphatic heterocycles. The number of carbonyl (C=O) groups is 2. The first-order chi connectivity index (χ1) is 16.4. The number of fused-ring (bicyclic) bond motifs is 2. The van der Waals surface area contributed by atoms with Gasteiger partial charge in [0.1, 0.15) is 23.2 Å². The molecule has 170 valence electrons. The Hall–Kier alpha value is -3.94. The summed E-state index contributed by atoms with van der Waals surface area (Å²) in [5.41, 5.74) is 6.40. The van der Waals surface area contributed by atoms with E-state index < -0.39 is 17.8 Å². The molecule has 0 saturated carbocycles. The quantitative estimate of drug-likeness (QED) is 0.401. The lowest BCUT2D eigenvalue weighted by atomic mass is 9.96. The highest BCUT2D eigenvalue weighted by Crippen LogP contribution is 2.46. The van der Waals surface area contributed by atoms with Gasteiger partial charge in [-0.25, -0.2) is 14.2 Å². The average Bonchev–Trinajstić information content (AvgIpc) is 3.45. The summed E-state index contributed by atoms with van der Waals surface area (Å²) in [5, 5.41) is 10.3. The number of benzene rings is 2. The Morgan fingerprint density at radius 2 is 2.18 bits per heavy atom. The van der Waals surface area contributed by atoms with Crippen LogP contribution < -0.4 is 10.5 Å². The summed E-state index contributed by atoms with van der Waals surface area (Å²) in [4.78, 5) is 31.0. The molecule has 2 aromatic carbocycles. The van der Waals surface area contributed by atoms with Gasteiger partial charge in [-0.05, 0) is 24.1 Å². The van der Waals surface area contributed by atoms with Crippen LogP contribution in [0, 0.1) is 17.1 Å². The molecule has 0 saturated heterocycles. The predicted molar refractivity (Wildman–Crippen MR) is 126 cm³/mol. The third-order valence-corrected chi connectivity index (χ3v) is 6.85. The molecule has 0 aliphatic carbocycles. The normalized spacial score (nSPS) is 13.7. The second kappa shape index (κ2) is 8.44. The summed E-state index contributed by atoms with van der Waals surface area (Å²) >= 11 is 7.85. The molecule has 5 rings (SSSR count). The number of nitriles is 1. The van der Waals surface area contributed by atoms with Gasteiger partial charge in [-0.3, -0.25) is 14.3 Å². The average molecular weight is 496 g/mol. The highest BCUT2D eigenvalue weighted by atomic mass is 35.5. The Balaban J connectivity index is 1.69. The predicted octanol–water partition coefficient (Wildman–Crippen LogP) is 4.90. The van der Waals surface area contributed by atoms with Gasteiger partial charge in [0.05, 0.1) is 22.8 Å². The van der Waals surface area contributed by atoms with E-state index in [9.17, 15) is 14.9 Å². The van der Waals surface area contributed by atoms with Crippen LogP contribution in [0.2, 0.25) is 5.02 Å². The van der Waals surface area contributed by atoms with Crippen molar-refractivity contribution in [1.29, 1.82) is 5.26 Å². The molecule has 0 atom stereocenters. The Morgan fingerprint density at radius 3 is 2.91 bits per heavy atom. The van der Waals surface area contributed by atoms with Gasteiger partial charge in [0.2, 0.25) is 0 Å². The van der Waals surface area contributed by atoms with Crippen molar-refractivity contribution < 1.29 is 18.7 Å². The fraction of sp³-hybridized carbons (Fsp3) is 0.130. The van der Waals surface area contributed by atoms with E-state index in [4.69, 9.17) is 22.1 Å². The number of hydrogen-bond donors (Lipinski definition) is 1. The van der Waals surface area contributed by atoms with E-state index in [1.54, 1.807) is 18.2 Å². The van der Waals surface area contributed by atoms with Crippen molar-refractivity contribution in [3.8, 4) is 22.9 Å². The second-order valence-electron chi connectivity index (χ2n) is 7.47. The molecule has 2 amide bonds. The molecule has 0 spiro atoms. The summed E-state index contributed by atoms with van der Waals surface area (Å²) in [7, 11) is 0. The van der Waals surface area contributed by atoms with Gasteiger partial charge in [0.15, 0.2) is 5.75 Å². The molecule has 4 aromatic rings. The van der Waals surface area contributed by atoms with Gasteiger partial charge in [0, 0.05) is 34.6 Å². The summed E-state index contributed by atoms with van der Waals surface area (Å²) < 4.78 is 23.2. The summed E-state index contributed by atoms with van der Waals surface area (Å²) in [5.74, 6) is -1.56. The summed E-state index contributed by atoms with van der Waals surface area (Å²) in [6.45, 7) is 0.229. The number of nitrogen functional groups attached to an aromatic ring is 1. The highest BCUT2D eigenvalue weighted by molar-refractivity contribution is 7.23. The number of aromatic nitrogens is 2. The Kier molecular flexibility index (Phi) is 5.43. The van der Waals surface area contributed by atoms with Crippen molar-refractivity contribution in [2.75, 3.05) is 18.9 Å². The van der Waals surface area contributed by atoms with Crippen LogP contribution in [0.3, 0.4) is 0 Å². The number of nitrogens with zero attached hydrogens (tertiary/aromatic N) is 4. The molecule has 0 bridgehead atoms. The largest absolute Gasteiger partial charge is 0.491 e. The number of thiophene rings is 1. The number of rotatable bonds is 1. The van der Waals surface area contributed by atoms with Crippen LogP contribution >= 0.6 is 22.9 Å². The number of hydrogen-bond acceptors (Lipinski definition) is 7. The smallest absolute Gasteiger partial charge is 0.336 e. The number of imide groups is 1. The number of ether oxygens (including phenoxy) is 1. The zero-order valence-electron chi connectivity index (χ0n) is 17.4. The van der Waals surface area contributed by atoms with Crippen LogP contribution in [0.5, 0.6) is 5.75 Å². The van der Waals surface area contributed by atoms with Crippen LogP contribution in [0.25, 0.3) is 21.2 Å². The minimum Gasteiger partial charge on any atom is -0.491 e.